The lowest BCUT2D eigenvalue weighted by atomic mass is 9.95. The molecule has 6 nitrogen and oxygen atoms in total. The summed E-state index contributed by atoms with van der Waals surface area (Å²) in [7, 11) is 0. The van der Waals surface area contributed by atoms with Crippen LogP contribution >= 0.6 is 0 Å². The quantitative estimate of drug-likeness (QED) is 0.794. The van der Waals surface area contributed by atoms with E-state index in [9.17, 15) is 4.79 Å². The van der Waals surface area contributed by atoms with Crippen LogP contribution in [0, 0.1) is 0 Å². The first kappa shape index (κ1) is 15.7. The average Bonchev–Trinajstić information content (AvgIpc) is 3.15. The fraction of sp³-hybridized carbons (Fsp3) is 0.368. The molecule has 0 atom stereocenters. The lowest BCUT2D eigenvalue weighted by Gasteiger charge is -2.24. The normalized spacial score (nSPS) is 15.4. The molecule has 1 N–H and O–H groups in total. The Morgan fingerprint density at radius 3 is 2.96 bits per heavy atom. The third kappa shape index (κ3) is 3.38. The van der Waals surface area contributed by atoms with Crippen molar-refractivity contribution in [3.63, 3.8) is 0 Å². The molecular weight excluding hydrogens is 314 g/mol. The maximum absolute atomic E-state index is 12.5. The Morgan fingerprint density at radius 1 is 1.20 bits per heavy atom. The van der Waals surface area contributed by atoms with Crippen LogP contribution in [0.25, 0.3) is 10.9 Å². The second kappa shape index (κ2) is 7.01. The summed E-state index contributed by atoms with van der Waals surface area (Å²) >= 11 is 0. The van der Waals surface area contributed by atoms with Crippen LogP contribution in [0.3, 0.4) is 0 Å². The molecule has 1 fully saturated rings. The summed E-state index contributed by atoms with van der Waals surface area (Å²) < 4.78 is 2.13. The van der Waals surface area contributed by atoms with Gasteiger partial charge in [0.25, 0.3) is 5.91 Å². The van der Waals surface area contributed by atoms with E-state index in [4.69, 9.17) is 0 Å². The minimum Gasteiger partial charge on any atom is -0.345 e. The number of fused-ring (bicyclic) bond motifs is 1. The lowest BCUT2D eigenvalue weighted by molar-refractivity contribution is 0.0949. The molecule has 1 aromatic carbocycles. The Morgan fingerprint density at radius 2 is 2.08 bits per heavy atom. The molecule has 128 valence electrons. The molecule has 6 heteroatoms. The maximum Gasteiger partial charge on any atom is 0.251 e. The summed E-state index contributed by atoms with van der Waals surface area (Å²) in [5.41, 5.74) is 1.51. The summed E-state index contributed by atoms with van der Waals surface area (Å²) in [6.07, 6.45) is 9.67. The van der Waals surface area contributed by atoms with Crippen molar-refractivity contribution >= 4 is 16.8 Å². The highest BCUT2D eigenvalue weighted by Gasteiger charge is 2.18. The third-order valence-corrected chi connectivity index (χ3v) is 4.89. The summed E-state index contributed by atoms with van der Waals surface area (Å²) in [4.78, 5) is 16.8. The first-order valence-electron chi connectivity index (χ1n) is 8.82. The molecule has 0 radical (unpaired) electrons. The zero-order valence-electron chi connectivity index (χ0n) is 14.1. The van der Waals surface area contributed by atoms with Gasteiger partial charge in [-0.1, -0.05) is 25.3 Å². The Kier molecular flexibility index (Phi) is 4.41. The molecule has 2 heterocycles. The van der Waals surface area contributed by atoms with Crippen LogP contribution in [0.4, 0.5) is 0 Å². The molecule has 1 amide bonds. The molecular formula is C19H21N5O. The predicted octanol–water partition coefficient (Wildman–Crippen LogP) is 3.26. The van der Waals surface area contributed by atoms with Crippen LogP contribution in [0.1, 0.15) is 54.3 Å². The topological polar surface area (TPSA) is 72.7 Å². The molecule has 4 rings (SSSR count). The molecule has 3 aromatic rings. The van der Waals surface area contributed by atoms with Crippen molar-refractivity contribution in [2.45, 2.75) is 44.7 Å². The van der Waals surface area contributed by atoms with Crippen LogP contribution in [-0.2, 0) is 6.54 Å². The van der Waals surface area contributed by atoms with Gasteiger partial charge in [0, 0.05) is 23.2 Å². The van der Waals surface area contributed by atoms with E-state index in [-0.39, 0.29) is 5.91 Å². The SMILES string of the molecule is O=C(NCc1nncn1C1CCCCC1)c1ccc2ncccc2c1. The van der Waals surface area contributed by atoms with E-state index < -0.39 is 0 Å². The standard InChI is InChI=1S/C19H21N5O/c25-19(15-8-9-17-14(11-15)5-4-10-20-17)21-12-18-23-22-13-24(18)16-6-2-1-3-7-16/h4-5,8-11,13,16H,1-3,6-7,12H2,(H,21,25). The highest BCUT2D eigenvalue weighted by atomic mass is 16.1. The molecule has 1 aliphatic rings. The molecule has 25 heavy (non-hydrogen) atoms. The molecule has 0 bridgehead atoms. The number of aromatic nitrogens is 4. The van der Waals surface area contributed by atoms with Gasteiger partial charge in [-0.3, -0.25) is 9.78 Å². The van der Waals surface area contributed by atoms with Crippen molar-refractivity contribution in [1.82, 2.24) is 25.1 Å². The number of benzene rings is 1. The average molecular weight is 335 g/mol. The van der Waals surface area contributed by atoms with E-state index in [1.807, 2.05) is 24.3 Å². The van der Waals surface area contributed by atoms with Crippen LogP contribution in [0.2, 0.25) is 0 Å². The van der Waals surface area contributed by atoms with Gasteiger partial charge in [-0.15, -0.1) is 10.2 Å². The van der Waals surface area contributed by atoms with Crippen molar-refractivity contribution in [3.05, 3.63) is 54.2 Å². The second-order valence-electron chi connectivity index (χ2n) is 6.54. The number of rotatable bonds is 4. The van der Waals surface area contributed by atoms with E-state index >= 15 is 0 Å². The zero-order chi connectivity index (χ0) is 17.1. The third-order valence-electron chi connectivity index (χ3n) is 4.89. The van der Waals surface area contributed by atoms with Crippen molar-refractivity contribution in [2.75, 3.05) is 0 Å². The summed E-state index contributed by atoms with van der Waals surface area (Å²) in [6.45, 7) is 0.389. The van der Waals surface area contributed by atoms with Gasteiger partial charge in [-0.05, 0) is 37.1 Å². The van der Waals surface area contributed by atoms with Crippen molar-refractivity contribution in [2.24, 2.45) is 0 Å². The van der Waals surface area contributed by atoms with Gasteiger partial charge in [0.2, 0.25) is 0 Å². The smallest absolute Gasteiger partial charge is 0.251 e. The van der Waals surface area contributed by atoms with Gasteiger partial charge in [0.05, 0.1) is 12.1 Å². The number of amides is 1. The van der Waals surface area contributed by atoms with Crippen LogP contribution in [0.5, 0.6) is 0 Å². The number of pyridine rings is 1. The molecule has 1 aliphatic carbocycles. The van der Waals surface area contributed by atoms with Gasteiger partial charge >= 0.3 is 0 Å². The number of nitrogens with zero attached hydrogens (tertiary/aromatic N) is 4. The van der Waals surface area contributed by atoms with Crippen molar-refractivity contribution in [3.8, 4) is 0 Å². The van der Waals surface area contributed by atoms with E-state index in [0.717, 1.165) is 29.6 Å². The van der Waals surface area contributed by atoms with Gasteiger partial charge < -0.3 is 9.88 Å². The summed E-state index contributed by atoms with van der Waals surface area (Å²) in [6, 6.07) is 9.83. The summed E-state index contributed by atoms with van der Waals surface area (Å²) in [5.74, 6) is 0.714. The zero-order valence-corrected chi connectivity index (χ0v) is 14.1. The molecule has 1 saturated carbocycles. The molecule has 0 saturated heterocycles. The molecule has 0 unspecified atom stereocenters. The van der Waals surface area contributed by atoms with Gasteiger partial charge in [0.1, 0.15) is 6.33 Å². The number of hydrogen-bond donors (Lipinski definition) is 1. The number of nitrogens with one attached hydrogen (secondary N) is 1. The Hall–Kier alpha value is -2.76. The van der Waals surface area contributed by atoms with E-state index in [1.165, 1.54) is 19.3 Å². The minimum absolute atomic E-state index is 0.107. The van der Waals surface area contributed by atoms with Crippen LogP contribution in [-0.4, -0.2) is 25.7 Å². The minimum atomic E-state index is -0.107. The Labute approximate surface area is 146 Å². The number of hydrogen-bond acceptors (Lipinski definition) is 4. The maximum atomic E-state index is 12.5. The van der Waals surface area contributed by atoms with Crippen molar-refractivity contribution < 1.29 is 4.79 Å². The van der Waals surface area contributed by atoms with E-state index in [2.05, 4.69) is 25.1 Å². The first-order valence-corrected chi connectivity index (χ1v) is 8.82. The lowest BCUT2D eigenvalue weighted by Crippen LogP contribution is -2.26. The highest BCUT2D eigenvalue weighted by molar-refractivity contribution is 5.97. The van der Waals surface area contributed by atoms with Crippen LogP contribution in [0.15, 0.2) is 42.9 Å². The molecule has 0 aliphatic heterocycles. The monoisotopic (exact) mass is 335 g/mol. The summed E-state index contributed by atoms with van der Waals surface area (Å²) in [5, 5.41) is 12.2. The Balaban J connectivity index is 1.45. The molecule has 0 spiro atoms. The largest absolute Gasteiger partial charge is 0.345 e. The number of carbonyl (C=O) groups is 1. The highest BCUT2D eigenvalue weighted by Crippen LogP contribution is 2.28. The fourth-order valence-electron chi connectivity index (χ4n) is 3.54. The van der Waals surface area contributed by atoms with Gasteiger partial charge in [-0.2, -0.15) is 0 Å². The van der Waals surface area contributed by atoms with Crippen LogP contribution < -0.4 is 5.32 Å². The predicted molar refractivity (Wildman–Crippen MR) is 95.1 cm³/mol. The van der Waals surface area contributed by atoms with Gasteiger partial charge in [0.15, 0.2) is 5.82 Å². The first-order chi connectivity index (χ1) is 12.3. The van der Waals surface area contributed by atoms with Gasteiger partial charge in [-0.25, -0.2) is 0 Å². The number of carbonyl (C=O) groups excluding carboxylic acids is 1. The van der Waals surface area contributed by atoms with E-state index in [0.29, 0.717) is 18.2 Å². The Bertz CT molecular complexity index is 882. The fourth-order valence-corrected chi connectivity index (χ4v) is 3.54. The second-order valence-corrected chi connectivity index (χ2v) is 6.54. The van der Waals surface area contributed by atoms with Crippen molar-refractivity contribution in [1.29, 1.82) is 0 Å². The molecule has 2 aromatic heterocycles. The van der Waals surface area contributed by atoms with E-state index in [1.54, 1.807) is 18.6 Å².